The first-order valence-corrected chi connectivity index (χ1v) is 4.97. The Morgan fingerprint density at radius 1 is 1.50 bits per heavy atom. The SMILES string of the molecule is CCN(CC(F)(F)F)c1nc(N)ccc1[N+](=O)[O-]. The van der Waals surface area contributed by atoms with Gasteiger partial charge in [-0.15, -0.1) is 0 Å². The van der Waals surface area contributed by atoms with Crippen molar-refractivity contribution < 1.29 is 18.1 Å². The van der Waals surface area contributed by atoms with E-state index in [1.165, 1.54) is 13.0 Å². The molecule has 0 aliphatic carbocycles. The van der Waals surface area contributed by atoms with Crippen molar-refractivity contribution >= 4 is 17.3 Å². The summed E-state index contributed by atoms with van der Waals surface area (Å²) in [4.78, 5) is 14.3. The van der Waals surface area contributed by atoms with Crippen LogP contribution in [0.2, 0.25) is 0 Å². The van der Waals surface area contributed by atoms with Crippen molar-refractivity contribution in [3.63, 3.8) is 0 Å². The Morgan fingerprint density at radius 2 is 2.11 bits per heavy atom. The Kier molecular flexibility index (Phi) is 3.94. The van der Waals surface area contributed by atoms with E-state index in [1.54, 1.807) is 0 Å². The van der Waals surface area contributed by atoms with E-state index in [9.17, 15) is 23.3 Å². The Balaban J connectivity index is 3.19. The van der Waals surface area contributed by atoms with Gasteiger partial charge in [0.1, 0.15) is 12.4 Å². The van der Waals surface area contributed by atoms with Gasteiger partial charge in [-0.2, -0.15) is 13.2 Å². The molecule has 1 aromatic rings. The molecule has 0 spiro atoms. The maximum atomic E-state index is 12.3. The van der Waals surface area contributed by atoms with Crippen molar-refractivity contribution in [1.82, 2.24) is 4.98 Å². The second-order valence-corrected chi connectivity index (χ2v) is 3.47. The van der Waals surface area contributed by atoms with Crippen LogP contribution in [0.3, 0.4) is 0 Å². The highest BCUT2D eigenvalue weighted by atomic mass is 19.4. The molecular weight excluding hydrogens is 253 g/mol. The fourth-order valence-electron chi connectivity index (χ4n) is 1.38. The number of aromatic nitrogens is 1. The second-order valence-electron chi connectivity index (χ2n) is 3.47. The average Bonchev–Trinajstić information content (AvgIpc) is 2.24. The van der Waals surface area contributed by atoms with Crippen LogP contribution in [0.4, 0.5) is 30.5 Å². The summed E-state index contributed by atoms with van der Waals surface area (Å²) in [6.07, 6.45) is -4.48. The van der Waals surface area contributed by atoms with Gasteiger partial charge in [0.05, 0.1) is 4.92 Å². The number of nitrogens with zero attached hydrogens (tertiary/aromatic N) is 3. The summed E-state index contributed by atoms with van der Waals surface area (Å²) < 4.78 is 37.0. The standard InChI is InChI=1S/C9H11F3N4O2/c1-2-15(5-9(10,11)12)8-6(16(17)18)3-4-7(13)14-8/h3-4H,2,5H2,1H3,(H2,13,14). The van der Waals surface area contributed by atoms with E-state index < -0.39 is 23.3 Å². The lowest BCUT2D eigenvalue weighted by Gasteiger charge is -2.22. The number of alkyl halides is 3. The van der Waals surface area contributed by atoms with Gasteiger partial charge in [-0.1, -0.05) is 0 Å². The zero-order chi connectivity index (χ0) is 13.9. The monoisotopic (exact) mass is 264 g/mol. The van der Waals surface area contributed by atoms with Crippen LogP contribution in [0.1, 0.15) is 6.92 Å². The second kappa shape index (κ2) is 5.07. The molecule has 0 bridgehead atoms. The molecule has 0 saturated carbocycles. The number of halogens is 3. The van der Waals surface area contributed by atoms with Crippen molar-refractivity contribution in [3.8, 4) is 0 Å². The molecule has 0 saturated heterocycles. The Morgan fingerprint density at radius 3 is 2.56 bits per heavy atom. The largest absolute Gasteiger partial charge is 0.405 e. The number of hydrogen-bond donors (Lipinski definition) is 1. The molecule has 9 heteroatoms. The molecular formula is C9H11F3N4O2. The quantitative estimate of drug-likeness (QED) is 0.663. The van der Waals surface area contributed by atoms with Gasteiger partial charge in [-0.3, -0.25) is 10.1 Å². The van der Waals surface area contributed by atoms with E-state index >= 15 is 0 Å². The first kappa shape index (κ1) is 14.0. The molecule has 0 fully saturated rings. The molecule has 0 unspecified atom stereocenters. The van der Waals surface area contributed by atoms with Gasteiger partial charge in [0.15, 0.2) is 0 Å². The lowest BCUT2D eigenvalue weighted by molar-refractivity contribution is -0.384. The van der Waals surface area contributed by atoms with E-state index in [1.807, 2.05) is 0 Å². The van der Waals surface area contributed by atoms with Crippen LogP contribution in [-0.2, 0) is 0 Å². The lowest BCUT2D eigenvalue weighted by atomic mass is 10.3. The van der Waals surface area contributed by atoms with Gasteiger partial charge in [-0.25, -0.2) is 4.98 Å². The number of nitro groups is 1. The van der Waals surface area contributed by atoms with Crippen molar-refractivity contribution in [2.75, 3.05) is 23.7 Å². The van der Waals surface area contributed by atoms with Gasteiger partial charge in [-0.05, 0) is 13.0 Å². The highest BCUT2D eigenvalue weighted by molar-refractivity contribution is 5.61. The lowest BCUT2D eigenvalue weighted by Crippen LogP contribution is -2.35. The Hall–Kier alpha value is -2.06. The van der Waals surface area contributed by atoms with Gasteiger partial charge < -0.3 is 10.6 Å². The smallest absolute Gasteiger partial charge is 0.384 e. The molecule has 1 rings (SSSR count). The number of anilines is 2. The molecule has 1 heterocycles. The highest BCUT2D eigenvalue weighted by Crippen LogP contribution is 2.29. The molecule has 6 nitrogen and oxygen atoms in total. The maximum absolute atomic E-state index is 12.3. The van der Waals surface area contributed by atoms with Gasteiger partial charge in [0, 0.05) is 12.6 Å². The molecule has 18 heavy (non-hydrogen) atoms. The number of nitrogen functional groups attached to an aromatic ring is 1. The first-order chi connectivity index (χ1) is 8.24. The van der Waals surface area contributed by atoms with E-state index in [4.69, 9.17) is 5.73 Å². The predicted molar refractivity (Wildman–Crippen MR) is 59.2 cm³/mol. The third kappa shape index (κ3) is 3.47. The third-order valence-corrected chi connectivity index (χ3v) is 2.12. The van der Waals surface area contributed by atoms with E-state index in [0.29, 0.717) is 0 Å². The summed E-state index contributed by atoms with van der Waals surface area (Å²) >= 11 is 0. The van der Waals surface area contributed by atoms with E-state index in [0.717, 1.165) is 11.0 Å². The van der Waals surface area contributed by atoms with Crippen molar-refractivity contribution in [1.29, 1.82) is 0 Å². The first-order valence-electron chi connectivity index (χ1n) is 4.97. The van der Waals surface area contributed by atoms with Crippen LogP contribution in [-0.4, -0.2) is 29.2 Å². The molecule has 0 aromatic carbocycles. The summed E-state index contributed by atoms with van der Waals surface area (Å²) in [5.41, 5.74) is 4.84. The minimum Gasteiger partial charge on any atom is -0.384 e. The molecule has 1 aromatic heterocycles. The van der Waals surface area contributed by atoms with E-state index in [-0.39, 0.29) is 18.2 Å². The third-order valence-electron chi connectivity index (χ3n) is 2.12. The van der Waals surface area contributed by atoms with Crippen molar-refractivity contribution in [2.45, 2.75) is 13.1 Å². The number of nitrogens with two attached hydrogens (primary N) is 1. The predicted octanol–water partition coefficient (Wildman–Crippen LogP) is 1.96. The zero-order valence-electron chi connectivity index (χ0n) is 9.44. The van der Waals surface area contributed by atoms with Crippen LogP contribution in [0.5, 0.6) is 0 Å². The summed E-state index contributed by atoms with van der Waals surface area (Å²) in [5, 5.41) is 10.7. The minimum absolute atomic E-state index is 0.0726. The van der Waals surface area contributed by atoms with Gasteiger partial charge in [0.25, 0.3) is 0 Å². The van der Waals surface area contributed by atoms with Crippen LogP contribution in [0, 0.1) is 10.1 Å². The molecule has 0 aliphatic rings. The Bertz CT molecular complexity index is 450. The van der Waals surface area contributed by atoms with E-state index in [2.05, 4.69) is 4.98 Å². The highest BCUT2D eigenvalue weighted by Gasteiger charge is 2.33. The fraction of sp³-hybridized carbons (Fsp3) is 0.444. The summed E-state index contributed by atoms with van der Waals surface area (Å²) in [6.45, 7) is 0.0535. The summed E-state index contributed by atoms with van der Waals surface area (Å²) in [6, 6.07) is 2.21. The topological polar surface area (TPSA) is 85.3 Å². The van der Waals surface area contributed by atoms with Gasteiger partial charge in [0.2, 0.25) is 5.82 Å². The number of hydrogen-bond acceptors (Lipinski definition) is 5. The average molecular weight is 264 g/mol. The van der Waals surface area contributed by atoms with Crippen molar-refractivity contribution in [3.05, 3.63) is 22.2 Å². The maximum Gasteiger partial charge on any atom is 0.405 e. The minimum atomic E-state index is -4.48. The van der Waals surface area contributed by atoms with Crippen LogP contribution in [0.25, 0.3) is 0 Å². The molecule has 0 amide bonds. The van der Waals surface area contributed by atoms with Crippen molar-refractivity contribution in [2.24, 2.45) is 0 Å². The molecule has 0 radical (unpaired) electrons. The van der Waals surface area contributed by atoms with Gasteiger partial charge >= 0.3 is 11.9 Å². The summed E-state index contributed by atoms with van der Waals surface area (Å²) in [7, 11) is 0. The number of rotatable bonds is 4. The Labute approximate surface area is 100 Å². The fourth-order valence-corrected chi connectivity index (χ4v) is 1.38. The molecule has 2 N–H and O–H groups in total. The summed E-state index contributed by atoms with van der Waals surface area (Å²) in [5.74, 6) is -0.448. The number of pyridine rings is 1. The van der Waals surface area contributed by atoms with Crippen LogP contribution in [0.15, 0.2) is 12.1 Å². The molecule has 0 aliphatic heterocycles. The van der Waals surface area contributed by atoms with Crippen LogP contribution >= 0.6 is 0 Å². The molecule has 0 atom stereocenters. The zero-order valence-corrected chi connectivity index (χ0v) is 9.44. The normalized spacial score (nSPS) is 11.3. The van der Waals surface area contributed by atoms with Crippen LogP contribution < -0.4 is 10.6 Å². The molecule has 100 valence electrons.